The van der Waals surface area contributed by atoms with E-state index in [0.717, 1.165) is 32.3 Å². The number of thiazole rings is 1. The van der Waals surface area contributed by atoms with Crippen LogP contribution in [0.2, 0.25) is 0 Å². The van der Waals surface area contributed by atoms with E-state index in [-0.39, 0.29) is 7.43 Å². The highest BCUT2D eigenvalue weighted by molar-refractivity contribution is 7.18. The van der Waals surface area contributed by atoms with E-state index in [4.69, 9.17) is 0 Å². The summed E-state index contributed by atoms with van der Waals surface area (Å²) in [6.07, 6.45) is 15.9. The van der Waals surface area contributed by atoms with E-state index < -0.39 is 0 Å². The number of hydrogen-bond acceptors (Lipinski definition) is 9. The smallest absolute Gasteiger partial charge is 0.230 e. The molecule has 2 aliphatic carbocycles. The summed E-state index contributed by atoms with van der Waals surface area (Å²) in [5.74, 6) is 1.42. The molecule has 5 N–H and O–H groups in total. The fourth-order valence-corrected chi connectivity index (χ4v) is 5.56. The maximum atomic E-state index is 4.69. The third kappa shape index (κ3) is 7.35. The van der Waals surface area contributed by atoms with Crippen molar-refractivity contribution in [2.24, 2.45) is 18.2 Å². The van der Waals surface area contributed by atoms with Crippen molar-refractivity contribution < 1.29 is 0 Å². The van der Waals surface area contributed by atoms with E-state index in [0.29, 0.717) is 12.0 Å². The van der Waals surface area contributed by atoms with Gasteiger partial charge in [0.05, 0.1) is 16.9 Å². The molecule has 1 aliphatic heterocycles. The van der Waals surface area contributed by atoms with Gasteiger partial charge in [0.15, 0.2) is 10.6 Å². The average molecular weight is 502 g/mol. The Morgan fingerprint density at radius 2 is 1.77 bits per heavy atom. The lowest BCUT2D eigenvalue weighted by Gasteiger charge is -2.23. The molecule has 3 aromatic rings. The van der Waals surface area contributed by atoms with Crippen LogP contribution in [0.25, 0.3) is 10.3 Å². The summed E-state index contributed by atoms with van der Waals surface area (Å²) >= 11 is 1.60. The van der Waals surface area contributed by atoms with Crippen molar-refractivity contribution in [3.63, 3.8) is 0 Å². The minimum atomic E-state index is 0. The quantitative estimate of drug-likeness (QED) is 0.395. The molecule has 2 saturated carbocycles. The van der Waals surface area contributed by atoms with E-state index >= 15 is 0 Å². The zero-order chi connectivity index (χ0) is 24.0. The van der Waals surface area contributed by atoms with Gasteiger partial charge in [-0.15, -0.1) is 0 Å². The highest BCUT2D eigenvalue weighted by Crippen LogP contribution is 2.52. The van der Waals surface area contributed by atoms with Crippen molar-refractivity contribution in [3.8, 4) is 0 Å². The summed E-state index contributed by atoms with van der Waals surface area (Å²) in [5, 5.41) is 15.4. The maximum Gasteiger partial charge on any atom is 0.230 e. The van der Waals surface area contributed by atoms with Crippen LogP contribution >= 0.6 is 11.3 Å². The number of rotatable bonds is 4. The van der Waals surface area contributed by atoms with Crippen molar-refractivity contribution in [1.82, 2.24) is 30.0 Å². The third-order valence-corrected chi connectivity index (χ3v) is 7.76. The molecular formula is C25H43N9S. The highest BCUT2D eigenvalue weighted by Gasteiger charge is 2.42. The Bertz CT molecular complexity index is 1040. The van der Waals surface area contributed by atoms with E-state index in [2.05, 4.69) is 41.7 Å². The van der Waals surface area contributed by atoms with Crippen LogP contribution < -0.4 is 21.7 Å². The van der Waals surface area contributed by atoms with E-state index in [1.54, 1.807) is 22.2 Å². The van der Waals surface area contributed by atoms with Gasteiger partial charge in [-0.3, -0.25) is 4.68 Å². The molecule has 6 rings (SSSR count). The van der Waals surface area contributed by atoms with E-state index in [9.17, 15) is 0 Å². The molecule has 0 bridgehead atoms. The molecule has 0 unspecified atom stereocenters. The number of anilines is 3. The Labute approximate surface area is 213 Å². The van der Waals surface area contributed by atoms with Gasteiger partial charge in [-0.2, -0.15) is 15.1 Å². The molecule has 0 atom stereocenters. The summed E-state index contributed by atoms with van der Waals surface area (Å²) in [5.41, 5.74) is 7.12. The number of nitrogens with one attached hydrogen (secondary N) is 3. The Balaban J connectivity index is 0.000000261. The summed E-state index contributed by atoms with van der Waals surface area (Å²) in [7, 11) is 3.39. The molecule has 3 fully saturated rings. The number of fused-ring (bicyclic) bond motifs is 1. The Morgan fingerprint density at radius 1 is 1.06 bits per heavy atom. The zero-order valence-corrected chi connectivity index (χ0v) is 21.5. The summed E-state index contributed by atoms with van der Waals surface area (Å²) in [4.78, 5) is 14.8. The fourth-order valence-electron chi connectivity index (χ4n) is 4.77. The largest absolute Gasteiger partial charge is 0.365 e. The first-order valence-corrected chi connectivity index (χ1v) is 13.4. The number of hydrogen-bond donors (Lipinski definition) is 4. The maximum absolute atomic E-state index is 4.69. The van der Waals surface area contributed by atoms with Crippen LogP contribution in [0.5, 0.6) is 0 Å². The molecule has 35 heavy (non-hydrogen) atoms. The van der Waals surface area contributed by atoms with Crippen molar-refractivity contribution >= 4 is 39.1 Å². The molecule has 3 aromatic heterocycles. The molecule has 9 nitrogen and oxygen atoms in total. The minimum Gasteiger partial charge on any atom is -0.365 e. The first-order valence-electron chi connectivity index (χ1n) is 12.5. The first kappa shape index (κ1) is 27.3. The molecule has 1 saturated heterocycles. The van der Waals surface area contributed by atoms with Gasteiger partial charge in [-0.25, -0.2) is 4.98 Å². The van der Waals surface area contributed by atoms with Crippen molar-refractivity contribution in [3.05, 3.63) is 17.4 Å². The predicted octanol–water partition coefficient (Wildman–Crippen LogP) is 4.98. The molecule has 194 valence electrons. The van der Waals surface area contributed by atoms with Crippen LogP contribution in [0.4, 0.5) is 17.5 Å². The number of aryl methyl sites for hydroxylation is 2. The van der Waals surface area contributed by atoms with Gasteiger partial charge in [0.25, 0.3) is 0 Å². The lowest BCUT2D eigenvalue weighted by atomic mass is 9.95. The van der Waals surface area contributed by atoms with Crippen LogP contribution in [-0.2, 0) is 7.05 Å². The molecule has 0 aromatic carbocycles. The van der Waals surface area contributed by atoms with Gasteiger partial charge in [-0.05, 0) is 71.0 Å². The highest BCUT2D eigenvalue weighted by atomic mass is 32.1. The normalized spacial score (nSPS) is 18.5. The SMILES string of the molecule is C.C1CC2(CCN1)CC2.CN.Cc1nc2c(NC3CCCCC3)nc(Nc3cnn(C)c3)nc2s1. The minimum absolute atomic E-state index is 0. The van der Waals surface area contributed by atoms with Crippen LogP contribution in [0.1, 0.15) is 70.2 Å². The average Bonchev–Trinajstić information content (AvgIpc) is 3.27. The summed E-state index contributed by atoms with van der Waals surface area (Å²) in [6, 6.07) is 0.477. The van der Waals surface area contributed by atoms with Crippen LogP contribution in [-0.4, -0.2) is 50.9 Å². The number of nitrogens with two attached hydrogens (primary N) is 1. The lowest BCUT2D eigenvalue weighted by molar-refractivity contribution is 0.353. The topological polar surface area (TPSA) is 119 Å². The first-order chi connectivity index (χ1) is 16.6. The van der Waals surface area contributed by atoms with Gasteiger partial charge in [0.1, 0.15) is 5.52 Å². The van der Waals surface area contributed by atoms with Crippen LogP contribution in [0.15, 0.2) is 12.4 Å². The summed E-state index contributed by atoms with van der Waals surface area (Å²) in [6.45, 7) is 4.56. The number of piperidine rings is 1. The van der Waals surface area contributed by atoms with Gasteiger partial charge in [0, 0.05) is 19.3 Å². The lowest BCUT2D eigenvalue weighted by Crippen LogP contribution is -2.28. The van der Waals surface area contributed by atoms with Gasteiger partial charge >= 0.3 is 0 Å². The van der Waals surface area contributed by atoms with Crippen molar-refractivity contribution in [2.45, 2.75) is 78.2 Å². The van der Waals surface area contributed by atoms with Gasteiger partial charge in [0.2, 0.25) is 5.95 Å². The summed E-state index contributed by atoms with van der Waals surface area (Å²) < 4.78 is 1.75. The molecular weight excluding hydrogens is 458 g/mol. The molecule has 4 heterocycles. The second-order valence-electron chi connectivity index (χ2n) is 9.54. The second-order valence-corrected chi connectivity index (χ2v) is 10.7. The molecule has 1 spiro atoms. The Hall–Kier alpha value is -2.30. The van der Waals surface area contributed by atoms with Crippen LogP contribution in [0.3, 0.4) is 0 Å². The molecule has 3 aliphatic rings. The molecule has 0 radical (unpaired) electrons. The molecule has 0 amide bonds. The van der Waals surface area contributed by atoms with Gasteiger partial charge in [-0.1, -0.05) is 38.0 Å². The van der Waals surface area contributed by atoms with Crippen molar-refractivity contribution in [2.75, 3.05) is 30.8 Å². The monoisotopic (exact) mass is 501 g/mol. The van der Waals surface area contributed by atoms with Gasteiger partial charge < -0.3 is 21.7 Å². The third-order valence-electron chi connectivity index (χ3n) is 6.89. The van der Waals surface area contributed by atoms with Crippen molar-refractivity contribution in [1.29, 1.82) is 0 Å². The zero-order valence-electron chi connectivity index (χ0n) is 20.7. The number of nitrogens with zero attached hydrogens (tertiary/aromatic N) is 5. The van der Waals surface area contributed by atoms with E-state index in [1.165, 1.54) is 77.9 Å². The predicted molar refractivity (Wildman–Crippen MR) is 148 cm³/mol. The second kappa shape index (κ2) is 12.6. The Morgan fingerprint density at radius 3 is 2.37 bits per heavy atom. The number of aromatic nitrogens is 5. The van der Waals surface area contributed by atoms with E-state index in [1.807, 2.05) is 20.2 Å². The Kier molecular flexibility index (Phi) is 9.82. The molecule has 10 heteroatoms. The standard InChI is InChI=1S/C16H21N7S.C7H13N.CH5N.CH4/c1-10-18-13-14(19-11-6-4-3-5-7-11)21-16(22-15(13)24-10)20-12-8-17-23(2)9-12;1-2-7(1)3-5-8-6-4-7;1-2;/h8-9,11H,3-7H2,1-2H3,(H2,19,20,21,22);8H,1-6H2;2H2,1H3;1H4. The fraction of sp³-hybridized carbons (Fsp3) is 0.680. The van der Waals surface area contributed by atoms with Crippen LogP contribution in [0, 0.1) is 12.3 Å².